The minimum Gasteiger partial charge on any atom is -0.343 e. The topological polar surface area (TPSA) is 113 Å². The molecule has 8 heteroatoms. The molecule has 1 heterocycles. The van der Waals surface area contributed by atoms with Crippen molar-refractivity contribution in [1.82, 2.24) is 20.3 Å². The first kappa shape index (κ1) is 20.1. The zero-order valence-corrected chi connectivity index (χ0v) is 17.1. The normalized spacial score (nSPS) is 18.8. The van der Waals surface area contributed by atoms with Crippen LogP contribution in [0.1, 0.15) is 74.0 Å². The summed E-state index contributed by atoms with van der Waals surface area (Å²) in [5, 5.41) is 23.8. The second-order valence-corrected chi connectivity index (χ2v) is 8.34. The van der Waals surface area contributed by atoms with Crippen LogP contribution in [-0.4, -0.2) is 26.8 Å². The number of carbonyl (C=O) groups excluding carboxylic acids is 2. The molecule has 2 aliphatic rings. The molecule has 2 saturated carbocycles. The lowest BCUT2D eigenvalue weighted by atomic mass is 9.82. The van der Waals surface area contributed by atoms with E-state index < -0.39 is 5.54 Å². The summed E-state index contributed by atoms with van der Waals surface area (Å²) >= 11 is 0. The Balaban J connectivity index is 1.54. The van der Waals surface area contributed by atoms with Gasteiger partial charge in [-0.25, -0.2) is 4.68 Å². The van der Waals surface area contributed by atoms with Crippen LogP contribution in [0.15, 0.2) is 30.5 Å². The van der Waals surface area contributed by atoms with Gasteiger partial charge >= 0.3 is 0 Å². The van der Waals surface area contributed by atoms with Crippen LogP contribution in [-0.2, 0) is 10.3 Å². The number of rotatable bonds is 6. The lowest BCUT2D eigenvalue weighted by Gasteiger charge is -2.29. The van der Waals surface area contributed by atoms with Gasteiger partial charge in [-0.05, 0) is 55.9 Å². The molecule has 2 fully saturated rings. The number of anilines is 1. The van der Waals surface area contributed by atoms with Crippen molar-refractivity contribution in [3.8, 4) is 6.07 Å². The van der Waals surface area contributed by atoms with E-state index in [9.17, 15) is 14.9 Å². The molecular weight excluding hydrogens is 380 g/mol. The molecule has 30 heavy (non-hydrogen) atoms. The molecular formula is C22H26N6O2. The summed E-state index contributed by atoms with van der Waals surface area (Å²) in [7, 11) is 0. The second-order valence-electron chi connectivity index (χ2n) is 8.34. The number of nitrogens with zero attached hydrogens (tertiary/aromatic N) is 4. The monoisotopic (exact) mass is 406 g/mol. The zero-order chi connectivity index (χ0) is 21.1. The minimum atomic E-state index is -0.564. The van der Waals surface area contributed by atoms with Gasteiger partial charge in [-0.1, -0.05) is 24.5 Å². The van der Waals surface area contributed by atoms with Crippen molar-refractivity contribution in [3.63, 3.8) is 0 Å². The first-order valence-corrected chi connectivity index (χ1v) is 10.5. The van der Waals surface area contributed by atoms with Gasteiger partial charge in [0, 0.05) is 18.2 Å². The van der Waals surface area contributed by atoms with Gasteiger partial charge in [-0.2, -0.15) is 5.26 Å². The van der Waals surface area contributed by atoms with E-state index in [1.807, 2.05) is 6.20 Å². The van der Waals surface area contributed by atoms with Crippen LogP contribution in [0.2, 0.25) is 0 Å². The summed E-state index contributed by atoms with van der Waals surface area (Å²) in [5.41, 5.74) is 1.32. The highest BCUT2D eigenvalue weighted by atomic mass is 16.2. The Kier molecular flexibility index (Phi) is 5.53. The van der Waals surface area contributed by atoms with Crippen LogP contribution < -0.4 is 10.6 Å². The minimum absolute atomic E-state index is 0.154. The SMILES string of the molecule is CC(=O)Nc1ccc(C(=O)NC(c2cn(C3(C#N)CC3)nn2)C2CCCCC2)cc1. The first-order valence-electron chi connectivity index (χ1n) is 10.5. The number of hydrogen-bond acceptors (Lipinski definition) is 5. The predicted octanol–water partition coefficient (Wildman–Crippen LogP) is 3.30. The molecule has 0 radical (unpaired) electrons. The van der Waals surface area contributed by atoms with E-state index in [2.05, 4.69) is 27.0 Å². The highest BCUT2D eigenvalue weighted by Crippen LogP contribution is 2.43. The summed E-state index contributed by atoms with van der Waals surface area (Å²) in [4.78, 5) is 24.2. The number of nitrogens with one attached hydrogen (secondary N) is 2. The Bertz CT molecular complexity index is 964. The molecule has 4 rings (SSSR count). The van der Waals surface area contributed by atoms with Crippen molar-refractivity contribution in [2.45, 2.75) is 63.5 Å². The van der Waals surface area contributed by atoms with E-state index >= 15 is 0 Å². The molecule has 1 aromatic heterocycles. The summed E-state index contributed by atoms with van der Waals surface area (Å²) < 4.78 is 1.66. The highest BCUT2D eigenvalue weighted by molar-refractivity contribution is 5.95. The molecule has 1 unspecified atom stereocenters. The lowest BCUT2D eigenvalue weighted by molar-refractivity contribution is -0.114. The van der Waals surface area contributed by atoms with E-state index in [4.69, 9.17) is 0 Å². The maximum Gasteiger partial charge on any atom is 0.251 e. The molecule has 2 aliphatic carbocycles. The van der Waals surface area contributed by atoms with Gasteiger partial charge in [0.1, 0.15) is 5.69 Å². The first-order chi connectivity index (χ1) is 14.5. The van der Waals surface area contributed by atoms with Gasteiger partial charge in [-0.15, -0.1) is 5.10 Å². The number of carbonyl (C=O) groups is 2. The van der Waals surface area contributed by atoms with E-state index in [-0.39, 0.29) is 17.9 Å². The Morgan fingerprint density at radius 2 is 1.90 bits per heavy atom. The molecule has 2 amide bonds. The van der Waals surface area contributed by atoms with Crippen LogP contribution >= 0.6 is 0 Å². The van der Waals surface area contributed by atoms with Crippen molar-refractivity contribution in [3.05, 3.63) is 41.7 Å². The maximum atomic E-state index is 13.0. The fourth-order valence-corrected chi connectivity index (χ4v) is 4.17. The zero-order valence-electron chi connectivity index (χ0n) is 17.1. The van der Waals surface area contributed by atoms with Gasteiger partial charge in [0.2, 0.25) is 5.91 Å². The Morgan fingerprint density at radius 1 is 1.20 bits per heavy atom. The van der Waals surface area contributed by atoms with Gasteiger partial charge in [-0.3, -0.25) is 9.59 Å². The molecule has 1 atom stereocenters. The third kappa shape index (κ3) is 4.20. The third-order valence-electron chi connectivity index (χ3n) is 6.08. The Labute approximate surface area is 175 Å². The largest absolute Gasteiger partial charge is 0.343 e. The number of benzene rings is 1. The van der Waals surface area contributed by atoms with Crippen molar-refractivity contribution in [2.75, 3.05) is 5.32 Å². The van der Waals surface area contributed by atoms with E-state index in [0.717, 1.165) is 38.5 Å². The van der Waals surface area contributed by atoms with E-state index in [1.165, 1.54) is 13.3 Å². The van der Waals surface area contributed by atoms with Crippen molar-refractivity contribution >= 4 is 17.5 Å². The summed E-state index contributed by atoms with van der Waals surface area (Å²) in [6, 6.07) is 8.92. The number of amides is 2. The number of nitriles is 1. The highest BCUT2D eigenvalue weighted by Gasteiger charge is 2.47. The summed E-state index contributed by atoms with van der Waals surface area (Å²) in [6.07, 6.45) is 8.95. The van der Waals surface area contributed by atoms with Gasteiger partial charge in [0.15, 0.2) is 5.54 Å². The average Bonchev–Trinajstić information content (AvgIpc) is 3.41. The number of aromatic nitrogens is 3. The third-order valence-corrected chi connectivity index (χ3v) is 6.08. The van der Waals surface area contributed by atoms with Crippen LogP contribution in [0.4, 0.5) is 5.69 Å². The lowest BCUT2D eigenvalue weighted by Crippen LogP contribution is -2.34. The van der Waals surface area contributed by atoms with E-state index in [1.54, 1.807) is 28.9 Å². The smallest absolute Gasteiger partial charge is 0.251 e. The standard InChI is InChI=1S/C22H26N6O2/c1-15(29)24-18-9-7-17(8-10-18)21(30)25-20(16-5-3-2-4-6-16)19-13-28(27-26-19)22(14-23)11-12-22/h7-10,13,16,20H,2-6,11-12H2,1H3,(H,24,29)(H,25,30). The fourth-order valence-electron chi connectivity index (χ4n) is 4.17. The predicted molar refractivity (Wildman–Crippen MR) is 110 cm³/mol. The van der Waals surface area contributed by atoms with Crippen LogP contribution in [0, 0.1) is 17.2 Å². The molecule has 156 valence electrons. The van der Waals surface area contributed by atoms with Gasteiger partial charge in [0.05, 0.1) is 18.3 Å². The van der Waals surface area contributed by atoms with Crippen LogP contribution in [0.5, 0.6) is 0 Å². The molecule has 0 aliphatic heterocycles. The number of hydrogen-bond donors (Lipinski definition) is 2. The molecule has 2 N–H and O–H groups in total. The molecule has 0 bridgehead atoms. The van der Waals surface area contributed by atoms with Crippen molar-refractivity contribution in [2.24, 2.45) is 5.92 Å². The molecule has 1 aromatic carbocycles. The van der Waals surface area contributed by atoms with Crippen molar-refractivity contribution < 1.29 is 9.59 Å². The average molecular weight is 406 g/mol. The second kappa shape index (κ2) is 8.27. The molecule has 2 aromatic rings. The summed E-state index contributed by atoms with van der Waals surface area (Å²) in [5.74, 6) is -0.0434. The maximum absolute atomic E-state index is 13.0. The molecule has 0 spiro atoms. The van der Waals surface area contributed by atoms with Crippen molar-refractivity contribution in [1.29, 1.82) is 5.26 Å². The quantitative estimate of drug-likeness (QED) is 0.764. The van der Waals surface area contributed by atoms with Gasteiger partial charge in [0.25, 0.3) is 5.91 Å². The fraction of sp³-hybridized carbons (Fsp3) is 0.500. The van der Waals surface area contributed by atoms with Gasteiger partial charge < -0.3 is 10.6 Å². The molecule has 8 nitrogen and oxygen atoms in total. The Morgan fingerprint density at radius 3 is 2.50 bits per heavy atom. The van der Waals surface area contributed by atoms with E-state index in [0.29, 0.717) is 22.9 Å². The van der Waals surface area contributed by atoms with Crippen LogP contribution in [0.3, 0.4) is 0 Å². The summed E-state index contributed by atoms with van der Waals surface area (Å²) in [6.45, 7) is 1.45. The van der Waals surface area contributed by atoms with Crippen LogP contribution in [0.25, 0.3) is 0 Å². The Hall–Kier alpha value is -3.21. The molecule has 0 saturated heterocycles.